The van der Waals surface area contributed by atoms with Gasteiger partial charge in [-0.2, -0.15) is 0 Å². The van der Waals surface area contributed by atoms with Crippen LogP contribution in [0.4, 0.5) is 5.69 Å². The van der Waals surface area contributed by atoms with Crippen LogP contribution in [0, 0.1) is 5.92 Å². The molecule has 0 radical (unpaired) electrons. The first-order chi connectivity index (χ1) is 13.7. The molecule has 0 bridgehead atoms. The second-order valence-electron chi connectivity index (χ2n) is 7.23. The Morgan fingerprint density at radius 2 is 1.61 bits per heavy atom. The number of likely N-dealkylation sites (tertiary alicyclic amines) is 1. The Hall–Kier alpha value is -2.66. The van der Waals surface area contributed by atoms with Crippen LogP contribution in [0.15, 0.2) is 60.7 Å². The lowest BCUT2D eigenvalue weighted by Gasteiger charge is -2.32. The van der Waals surface area contributed by atoms with Crippen molar-refractivity contribution in [3.05, 3.63) is 66.2 Å². The predicted octanol–water partition coefficient (Wildman–Crippen LogP) is 3.07. The fraction of sp³-hybridized carbons (Fsp3) is 0.391. The molecule has 1 aliphatic heterocycles. The second kappa shape index (κ2) is 10.0. The summed E-state index contributed by atoms with van der Waals surface area (Å²) < 4.78 is 0. The van der Waals surface area contributed by atoms with Crippen LogP contribution < -0.4 is 10.2 Å². The normalized spacial score (nSPS) is 15.2. The first-order valence-corrected chi connectivity index (χ1v) is 10.1. The molecule has 5 heteroatoms. The van der Waals surface area contributed by atoms with E-state index in [1.807, 2.05) is 72.5 Å². The molecule has 0 saturated carbocycles. The van der Waals surface area contributed by atoms with Gasteiger partial charge in [-0.15, -0.1) is 0 Å². The van der Waals surface area contributed by atoms with Crippen LogP contribution in [0.25, 0.3) is 0 Å². The summed E-state index contributed by atoms with van der Waals surface area (Å²) in [5, 5.41) is 3.04. The molecule has 2 amide bonds. The third kappa shape index (κ3) is 5.42. The highest BCUT2D eigenvalue weighted by Crippen LogP contribution is 2.19. The van der Waals surface area contributed by atoms with E-state index in [1.54, 1.807) is 0 Å². The molecule has 0 aliphatic carbocycles. The van der Waals surface area contributed by atoms with Gasteiger partial charge in [0, 0.05) is 24.7 Å². The van der Waals surface area contributed by atoms with E-state index in [9.17, 15) is 9.59 Å². The van der Waals surface area contributed by atoms with E-state index in [0.717, 1.165) is 37.2 Å². The summed E-state index contributed by atoms with van der Waals surface area (Å²) in [6.07, 6.45) is 1.59. The average Bonchev–Trinajstić information content (AvgIpc) is 2.74. The minimum atomic E-state index is 0.0338. The highest BCUT2D eigenvalue weighted by atomic mass is 16.2. The summed E-state index contributed by atoms with van der Waals surface area (Å²) in [6, 6.07) is 19.7. The molecule has 0 unspecified atom stereocenters. The summed E-state index contributed by atoms with van der Waals surface area (Å²) >= 11 is 0. The van der Waals surface area contributed by atoms with Crippen molar-refractivity contribution in [3.63, 3.8) is 0 Å². The number of amides is 2. The lowest BCUT2D eigenvalue weighted by Crippen LogP contribution is -2.45. The monoisotopic (exact) mass is 379 g/mol. The molecule has 2 aromatic carbocycles. The number of likely N-dealkylation sites (N-methyl/N-ethyl adjacent to an activating group) is 1. The molecule has 0 atom stereocenters. The summed E-state index contributed by atoms with van der Waals surface area (Å²) in [5.41, 5.74) is 2.05. The van der Waals surface area contributed by atoms with E-state index in [-0.39, 0.29) is 17.7 Å². The van der Waals surface area contributed by atoms with Crippen LogP contribution in [0.3, 0.4) is 0 Å². The molecule has 3 rings (SSSR count). The van der Waals surface area contributed by atoms with Crippen molar-refractivity contribution < 1.29 is 9.59 Å². The van der Waals surface area contributed by atoms with Gasteiger partial charge in [0.2, 0.25) is 11.8 Å². The van der Waals surface area contributed by atoms with Gasteiger partial charge in [-0.1, -0.05) is 48.5 Å². The van der Waals surface area contributed by atoms with Gasteiger partial charge in [-0.25, -0.2) is 0 Å². The Morgan fingerprint density at radius 1 is 1.00 bits per heavy atom. The molecule has 0 aromatic heterocycles. The Balaban J connectivity index is 1.44. The number of hydrogen-bond acceptors (Lipinski definition) is 3. The molecule has 5 nitrogen and oxygen atoms in total. The smallest absolute Gasteiger partial charge is 0.241 e. The Labute approximate surface area is 167 Å². The van der Waals surface area contributed by atoms with Gasteiger partial charge in [-0.05, 0) is 50.6 Å². The molecular weight excluding hydrogens is 350 g/mol. The van der Waals surface area contributed by atoms with Gasteiger partial charge in [0.25, 0.3) is 0 Å². The van der Waals surface area contributed by atoms with Gasteiger partial charge in [0.1, 0.15) is 0 Å². The number of carbonyl (C=O) groups excluding carboxylic acids is 2. The van der Waals surface area contributed by atoms with Gasteiger partial charge < -0.3 is 10.2 Å². The summed E-state index contributed by atoms with van der Waals surface area (Å²) in [7, 11) is 0. The summed E-state index contributed by atoms with van der Waals surface area (Å²) in [6.45, 7) is 5.18. The van der Waals surface area contributed by atoms with E-state index >= 15 is 0 Å². The van der Waals surface area contributed by atoms with Crippen molar-refractivity contribution in [1.82, 2.24) is 10.2 Å². The molecule has 148 valence electrons. The zero-order chi connectivity index (χ0) is 19.8. The Kier molecular flexibility index (Phi) is 7.20. The lowest BCUT2D eigenvalue weighted by atomic mass is 9.95. The van der Waals surface area contributed by atoms with Crippen molar-refractivity contribution in [2.45, 2.75) is 26.3 Å². The third-order valence-electron chi connectivity index (χ3n) is 5.31. The molecule has 1 fully saturated rings. The minimum absolute atomic E-state index is 0.0338. The summed E-state index contributed by atoms with van der Waals surface area (Å²) in [4.78, 5) is 29.1. The molecule has 0 spiro atoms. The average molecular weight is 380 g/mol. The third-order valence-corrected chi connectivity index (χ3v) is 5.31. The van der Waals surface area contributed by atoms with Crippen molar-refractivity contribution in [3.8, 4) is 0 Å². The molecule has 1 N–H and O–H groups in total. The SMILES string of the molecule is CCN(C(=O)CN1CCC(C(=O)NCc2ccccc2)CC1)c1ccccc1. The van der Waals surface area contributed by atoms with Crippen LogP contribution >= 0.6 is 0 Å². The van der Waals surface area contributed by atoms with Gasteiger partial charge in [0.15, 0.2) is 0 Å². The van der Waals surface area contributed by atoms with E-state index in [1.165, 1.54) is 0 Å². The van der Waals surface area contributed by atoms with Gasteiger partial charge >= 0.3 is 0 Å². The minimum Gasteiger partial charge on any atom is -0.352 e. The van der Waals surface area contributed by atoms with Crippen molar-refractivity contribution in [2.75, 3.05) is 31.1 Å². The van der Waals surface area contributed by atoms with E-state index in [2.05, 4.69) is 10.2 Å². The quantitative estimate of drug-likeness (QED) is 0.804. The fourth-order valence-corrected chi connectivity index (χ4v) is 3.67. The number of benzene rings is 2. The Morgan fingerprint density at radius 3 is 2.21 bits per heavy atom. The molecule has 2 aromatic rings. The summed E-state index contributed by atoms with van der Waals surface area (Å²) in [5.74, 6) is 0.265. The second-order valence-corrected chi connectivity index (χ2v) is 7.23. The van der Waals surface area contributed by atoms with Crippen LogP contribution in [0.2, 0.25) is 0 Å². The molecule has 1 saturated heterocycles. The van der Waals surface area contributed by atoms with E-state index in [0.29, 0.717) is 19.6 Å². The first kappa shape index (κ1) is 20.1. The van der Waals surface area contributed by atoms with E-state index in [4.69, 9.17) is 0 Å². The number of hydrogen-bond donors (Lipinski definition) is 1. The molecule has 28 heavy (non-hydrogen) atoms. The largest absolute Gasteiger partial charge is 0.352 e. The fourth-order valence-electron chi connectivity index (χ4n) is 3.67. The van der Waals surface area contributed by atoms with Gasteiger partial charge in [0.05, 0.1) is 6.54 Å². The maximum Gasteiger partial charge on any atom is 0.241 e. The zero-order valence-corrected chi connectivity index (χ0v) is 16.5. The number of carbonyl (C=O) groups is 2. The van der Waals surface area contributed by atoms with Crippen LogP contribution in [-0.4, -0.2) is 42.9 Å². The Bertz CT molecular complexity index is 756. The van der Waals surface area contributed by atoms with Crippen LogP contribution in [0.5, 0.6) is 0 Å². The van der Waals surface area contributed by atoms with Crippen molar-refractivity contribution in [2.24, 2.45) is 5.92 Å². The topological polar surface area (TPSA) is 52.7 Å². The highest BCUT2D eigenvalue weighted by Gasteiger charge is 2.26. The maximum atomic E-state index is 12.7. The predicted molar refractivity (Wildman–Crippen MR) is 112 cm³/mol. The van der Waals surface area contributed by atoms with Crippen LogP contribution in [0.1, 0.15) is 25.3 Å². The first-order valence-electron chi connectivity index (χ1n) is 10.1. The van der Waals surface area contributed by atoms with Crippen molar-refractivity contribution >= 4 is 17.5 Å². The maximum absolute atomic E-state index is 12.7. The molecule has 1 aliphatic rings. The zero-order valence-electron chi connectivity index (χ0n) is 16.5. The van der Waals surface area contributed by atoms with Crippen molar-refractivity contribution in [1.29, 1.82) is 0 Å². The highest BCUT2D eigenvalue weighted by molar-refractivity contribution is 5.94. The number of rotatable bonds is 7. The standard InChI is InChI=1S/C23H29N3O2/c1-2-26(21-11-7-4-8-12-21)22(27)18-25-15-13-20(14-16-25)23(28)24-17-19-9-5-3-6-10-19/h3-12,20H,2,13-18H2,1H3,(H,24,28). The lowest BCUT2D eigenvalue weighted by molar-refractivity contribution is -0.126. The molecule has 1 heterocycles. The molecular formula is C23H29N3O2. The number of anilines is 1. The van der Waals surface area contributed by atoms with E-state index < -0.39 is 0 Å². The number of nitrogens with one attached hydrogen (secondary N) is 1. The number of piperidine rings is 1. The number of para-hydroxylation sites is 1. The number of nitrogens with zero attached hydrogens (tertiary/aromatic N) is 2. The van der Waals surface area contributed by atoms with Crippen LogP contribution in [-0.2, 0) is 16.1 Å². The van der Waals surface area contributed by atoms with Gasteiger partial charge in [-0.3, -0.25) is 14.5 Å².